The summed E-state index contributed by atoms with van der Waals surface area (Å²) in [5.74, 6) is -0.522. The van der Waals surface area contributed by atoms with Crippen LogP contribution >= 0.6 is 11.3 Å². The first kappa shape index (κ1) is 16.7. The molecule has 23 heavy (non-hydrogen) atoms. The van der Waals surface area contributed by atoms with Gasteiger partial charge in [-0.2, -0.15) is 0 Å². The van der Waals surface area contributed by atoms with Gasteiger partial charge < -0.3 is 14.5 Å². The molecular formula is C16H15NO5S. The van der Waals surface area contributed by atoms with Gasteiger partial charge in [-0.25, -0.2) is 4.79 Å². The van der Waals surface area contributed by atoms with Crippen LogP contribution in [0.1, 0.15) is 27.2 Å². The molecule has 1 N–H and O–H groups in total. The Morgan fingerprint density at radius 3 is 2.83 bits per heavy atom. The summed E-state index contributed by atoms with van der Waals surface area (Å²) in [5.41, 5.74) is 0. The molecule has 6 nitrogen and oxygen atoms in total. The summed E-state index contributed by atoms with van der Waals surface area (Å²) < 4.78 is 9.92. The first-order valence-electron chi connectivity index (χ1n) is 6.79. The van der Waals surface area contributed by atoms with E-state index in [1.807, 2.05) is 0 Å². The predicted molar refractivity (Wildman–Crippen MR) is 84.9 cm³/mol. The van der Waals surface area contributed by atoms with Crippen LogP contribution in [0.2, 0.25) is 0 Å². The minimum Gasteiger partial charge on any atom is -0.465 e. The lowest BCUT2D eigenvalue weighted by molar-refractivity contribution is -0.136. The van der Waals surface area contributed by atoms with Gasteiger partial charge in [-0.3, -0.25) is 9.59 Å². The average molecular weight is 333 g/mol. The summed E-state index contributed by atoms with van der Waals surface area (Å²) in [4.78, 5) is 35.6. The third-order valence-electron chi connectivity index (χ3n) is 2.72. The Morgan fingerprint density at radius 1 is 1.30 bits per heavy atom. The van der Waals surface area contributed by atoms with E-state index in [9.17, 15) is 14.4 Å². The molecule has 1 amide bonds. The predicted octanol–water partition coefficient (Wildman–Crippen LogP) is 2.42. The normalized spacial score (nSPS) is 10.7. The van der Waals surface area contributed by atoms with Gasteiger partial charge in [0.2, 0.25) is 11.7 Å². The fourth-order valence-electron chi connectivity index (χ4n) is 1.63. The van der Waals surface area contributed by atoms with Crippen LogP contribution < -0.4 is 5.32 Å². The van der Waals surface area contributed by atoms with Crippen LogP contribution in [0.5, 0.6) is 0 Å². The van der Waals surface area contributed by atoms with Crippen molar-refractivity contribution in [3.8, 4) is 0 Å². The van der Waals surface area contributed by atoms with Crippen molar-refractivity contribution in [1.82, 2.24) is 5.32 Å². The zero-order chi connectivity index (χ0) is 16.7. The number of carbonyl (C=O) groups excluding carboxylic acids is 3. The minimum atomic E-state index is -0.621. The van der Waals surface area contributed by atoms with Crippen molar-refractivity contribution in [2.45, 2.75) is 13.5 Å². The van der Waals surface area contributed by atoms with Crippen molar-refractivity contribution in [3.05, 3.63) is 52.1 Å². The lowest BCUT2D eigenvalue weighted by Gasteiger charge is -2.00. The molecule has 0 aliphatic rings. The molecule has 2 aromatic rings. The number of hydrogen-bond donors (Lipinski definition) is 1. The summed E-state index contributed by atoms with van der Waals surface area (Å²) in [6.07, 6.45) is 4.15. The molecule has 7 heteroatoms. The maximum atomic E-state index is 11.9. The van der Waals surface area contributed by atoms with Crippen molar-refractivity contribution in [2.75, 3.05) is 6.61 Å². The second-order valence-electron chi connectivity index (χ2n) is 4.56. The zero-order valence-corrected chi connectivity index (χ0v) is 13.2. The van der Waals surface area contributed by atoms with E-state index in [-0.39, 0.29) is 18.3 Å². The zero-order valence-electron chi connectivity index (χ0n) is 12.4. The second-order valence-corrected chi connectivity index (χ2v) is 5.72. The quantitative estimate of drug-likeness (QED) is 0.478. The molecule has 2 aromatic heterocycles. The molecular weight excluding hydrogens is 318 g/mol. The Bertz CT molecular complexity index is 715. The summed E-state index contributed by atoms with van der Waals surface area (Å²) in [5, 5.41) is 2.65. The Kier molecular flexibility index (Phi) is 5.87. The molecule has 0 fully saturated rings. The van der Waals surface area contributed by atoms with Gasteiger partial charge in [0.25, 0.3) is 0 Å². The lowest BCUT2D eigenvalue weighted by atomic mass is 10.3. The van der Waals surface area contributed by atoms with E-state index >= 15 is 0 Å². The van der Waals surface area contributed by atoms with E-state index in [1.165, 1.54) is 36.7 Å². The van der Waals surface area contributed by atoms with Gasteiger partial charge in [-0.05, 0) is 30.3 Å². The van der Waals surface area contributed by atoms with E-state index in [0.717, 1.165) is 4.88 Å². The Morgan fingerprint density at radius 2 is 2.13 bits per heavy atom. The van der Waals surface area contributed by atoms with Crippen molar-refractivity contribution in [2.24, 2.45) is 0 Å². The van der Waals surface area contributed by atoms with Crippen LogP contribution in [0, 0.1) is 0 Å². The van der Waals surface area contributed by atoms with Crippen LogP contribution in [-0.4, -0.2) is 24.3 Å². The van der Waals surface area contributed by atoms with Gasteiger partial charge in [0.05, 0.1) is 17.7 Å². The second kappa shape index (κ2) is 8.09. The van der Waals surface area contributed by atoms with E-state index in [2.05, 4.69) is 5.32 Å². The largest absolute Gasteiger partial charge is 0.465 e. The number of rotatable bonds is 7. The van der Waals surface area contributed by atoms with Gasteiger partial charge in [0.1, 0.15) is 5.76 Å². The van der Waals surface area contributed by atoms with Crippen molar-refractivity contribution >= 4 is 35.1 Å². The molecule has 2 rings (SSSR count). The van der Waals surface area contributed by atoms with Crippen molar-refractivity contribution in [3.63, 3.8) is 0 Å². The molecule has 0 atom stereocenters. The number of ether oxygens (including phenoxy) is 1. The SMILES string of the molecule is CC(=O)NCc1ccc(C(=O)COC(=O)/C=C/c2ccco2)s1. The molecule has 0 radical (unpaired) electrons. The molecule has 0 unspecified atom stereocenters. The van der Waals surface area contributed by atoms with E-state index in [4.69, 9.17) is 9.15 Å². The number of amides is 1. The van der Waals surface area contributed by atoms with Crippen molar-refractivity contribution in [1.29, 1.82) is 0 Å². The van der Waals surface area contributed by atoms with Gasteiger partial charge in [0.15, 0.2) is 6.61 Å². The van der Waals surface area contributed by atoms with E-state index < -0.39 is 5.97 Å². The number of nitrogens with one attached hydrogen (secondary N) is 1. The number of Topliss-reactive ketones (excluding diaryl/α,β-unsaturated/α-hetero) is 1. The van der Waals surface area contributed by atoms with Crippen LogP contribution in [-0.2, 0) is 20.9 Å². The molecule has 0 spiro atoms. The third-order valence-corrected chi connectivity index (χ3v) is 3.85. The lowest BCUT2D eigenvalue weighted by Crippen LogP contribution is -2.18. The summed E-state index contributed by atoms with van der Waals surface area (Å²) in [7, 11) is 0. The molecule has 0 saturated carbocycles. The van der Waals surface area contributed by atoms with E-state index in [1.54, 1.807) is 24.3 Å². The average Bonchev–Trinajstić information content (AvgIpc) is 3.19. The highest BCUT2D eigenvalue weighted by Crippen LogP contribution is 2.17. The van der Waals surface area contributed by atoms with E-state index in [0.29, 0.717) is 17.2 Å². The smallest absolute Gasteiger partial charge is 0.331 e. The highest BCUT2D eigenvalue weighted by molar-refractivity contribution is 7.14. The first-order chi connectivity index (χ1) is 11.0. The van der Waals surface area contributed by atoms with Crippen LogP contribution in [0.3, 0.4) is 0 Å². The highest BCUT2D eigenvalue weighted by Gasteiger charge is 2.11. The highest BCUT2D eigenvalue weighted by atomic mass is 32.1. The standard InChI is InChI=1S/C16H15NO5S/c1-11(18)17-9-13-5-6-15(23-13)14(19)10-22-16(20)7-4-12-3-2-8-21-12/h2-8H,9-10H2,1H3,(H,17,18)/b7-4+. The molecule has 120 valence electrons. The molecule has 2 heterocycles. The van der Waals surface area contributed by atoms with Gasteiger partial charge in [0, 0.05) is 17.9 Å². The summed E-state index contributed by atoms with van der Waals surface area (Å²) in [6.45, 7) is 1.47. The first-order valence-corrected chi connectivity index (χ1v) is 7.61. The minimum absolute atomic E-state index is 0.136. The molecule has 0 bridgehead atoms. The van der Waals surface area contributed by atoms with Gasteiger partial charge in [-0.15, -0.1) is 11.3 Å². The van der Waals surface area contributed by atoms with Crippen molar-refractivity contribution < 1.29 is 23.5 Å². The Balaban J connectivity index is 1.80. The number of thiophene rings is 1. The summed E-state index contributed by atoms with van der Waals surface area (Å²) >= 11 is 1.26. The fraction of sp³-hybridized carbons (Fsp3) is 0.188. The maximum Gasteiger partial charge on any atom is 0.331 e. The molecule has 0 saturated heterocycles. The molecule has 0 aromatic carbocycles. The van der Waals surface area contributed by atoms with Crippen LogP contribution in [0.25, 0.3) is 6.08 Å². The fourth-order valence-corrected chi connectivity index (χ4v) is 2.50. The number of ketones is 1. The summed E-state index contributed by atoms with van der Waals surface area (Å²) in [6, 6.07) is 6.80. The van der Waals surface area contributed by atoms with Crippen LogP contribution in [0.4, 0.5) is 0 Å². The third kappa shape index (κ3) is 5.55. The number of esters is 1. The topological polar surface area (TPSA) is 85.6 Å². The monoisotopic (exact) mass is 333 g/mol. The van der Waals surface area contributed by atoms with Gasteiger partial charge >= 0.3 is 5.97 Å². The Labute approximate surface area is 136 Å². The number of furan rings is 1. The number of carbonyl (C=O) groups is 3. The molecule has 0 aliphatic heterocycles. The van der Waals surface area contributed by atoms with Gasteiger partial charge in [-0.1, -0.05) is 0 Å². The maximum absolute atomic E-state index is 11.9. The van der Waals surface area contributed by atoms with Crippen LogP contribution in [0.15, 0.2) is 41.0 Å². The Hall–Kier alpha value is -2.67. The molecule has 0 aliphatic carbocycles. The number of hydrogen-bond acceptors (Lipinski definition) is 6.